The summed E-state index contributed by atoms with van der Waals surface area (Å²) in [7, 11) is -3.69. The first-order valence-corrected chi connectivity index (χ1v) is 14.9. The fourth-order valence-corrected chi connectivity index (χ4v) is 6.39. The highest BCUT2D eigenvalue weighted by Gasteiger charge is 2.48. The van der Waals surface area contributed by atoms with Crippen molar-refractivity contribution in [1.82, 2.24) is 15.1 Å². The van der Waals surface area contributed by atoms with Crippen LogP contribution in [0.2, 0.25) is 0 Å². The monoisotopic (exact) mass is 591 g/mol. The zero-order chi connectivity index (χ0) is 29.3. The average molecular weight is 592 g/mol. The molecule has 216 valence electrons. The summed E-state index contributed by atoms with van der Waals surface area (Å²) in [5.41, 5.74) is 2.04. The Morgan fingerprint density at radius 2 is 1.80 bits per heavy atom. The maximum absolute atomic E-state index is 13.6. The molecule has 0 radical (unpaired) electrons. The fraction of sp³-hybridized carbons (Fsp3) is 0.370. The zero-order valence-electron chi connectivity index (χ0n) is 21.8. The van der Waals surface area contributed by atoms with Crippen LogP contribution in [0.25, 0.3) is 5.69 Å². The summed E-state index contributed by atoms with van der Waals surface area (Å²) in [6.45, 7) is -0.693. The molecule has 1 saturated heterocycles. The highest BCUT2D eigenvalue weighted by atomic mass is 32.2. The molecule has 1 aliphatic carbocycles. The van der Waals surface area contributed by atoms with Crippen molar-refractivity contribution in [1.29, 1.82) is 0 Å². The van der Waals surface area contributed by atoms with Crippen LogP contribution in [0, 0.1) is 0 Å². The molecule has 2 aliphatic heterocycles. The first kappa shape index (κ1) is 27.2. The first-order chi connectivity index (χ1) is 19.2. The SMILES string of the molecule is CS(=O)(=O)CC(=O)Nc1c2c(nn1-c1ccc(C(F)F)cc1)C[C@]1(CCc3cc(N4CC(F)(F)C4)ccc31)NC2=O. The normalized spacial score (nSPS) is 20.9. The Balaban J connectivity index is 1.37. The lowest BCUT2D eigenvalue weighted by Gasteiger charge is -2.41. The Bertz CT molecular complexity index is 1680. The van der Waals surface area contributed by atoms with Gasteiger partial charge in [0.25, 0.3) is 18.3 Å². The second kappa shape index (κ2) is 9.29. The highest BCUT2D eigenvalue weighted by molar-refractivity contribution is 7.91. The van der Waals surface area contributed by atoms with Crippen molar-refractivity contribution < 1.29 is 35.6 Å². The van der Waals surface area contributed by atoms with Gasteiger partial charge in [-0.15, -0.1) is 0 Å². The molecule has 14 heteroatoms. The topological polar surface area (TPSA) is 113 Å². The first-order valence-electron chi connectivity index (χ1n) is 12.8. The molecule has 0 unspecified atom stereocenters. The molecule has 41 heavy (non-hydrogen) atoms. The van der Waals surface area contributed by atoms with E-state index in [0.717, 1.165) is 17.4 Å². The quantitative estimate of drug-likeness (QED) is 0.425. The maximum atomic E-state index is 13.6. The summed E-state index contributed by atoms with van der Waals surface area (Å²) in [4.78, 5) is 27.8. The number of halogens is 4. The minimum atomic E-state index is -3.69. The van der Waals surface area contributed by atoms with Crippen molar-refractivity contribution >= 4 is 33.2 Å². The number of sulfone groups is 1. The van der Waals surface area contributed by atoms with Gasteiger partial charge in [0.05, 0.1) is 30.0 Å². The van der Waals surface area contributed by atoms with Crippen LogP contribution in [0.4, 0.5) is 29.1 Å². The van der Waals surface area contributed by atoms with E-state index in [1.807, 2.05) is 12.1 Å². The number of aryl methyl sites for hydroxylation is 1. The van der Waals surface area contributed by atoms with Crippen LogP contribution >= 0.6 is 0 Å². The molecule has 2 amide bonds. The molecule has 9 nitrogen and oxygen atoms in total. The number of nitrogens with one attached hydrogen (secondary N) is 2. The molecule has 6 rings (SSSR count). The summed E-state index contributed by atoms with van der Waals surface area (Å²) in [6, 6.07) is 10.6. The molecule has 3 aliphatic rings. The van der Waals surface area contributed by atoms with Crippen LogP contribution in [0.1, 0.15) is 45.6 Å². The summed E-state index contributed by atoms with van der Waals surface area (Å²) < 4.78 is 77.7. The van der Waals surface area contributed by atoms with Gasteiger partial charge >= 0.3 is 0 Å². The van der Waals surface area contributed by atoms with E-state index in [0.29, 0.717) is 24.2 Å². The lowest BCUT2D eigenvalue weighted by atomic mass is 9.82. The van der Waals surface area contributed by atoms with Crippen molar-refractivity contribution in [2.45, 2.75) is 37.1 Å². The van der Waals surface area contributed by atoms with E-state index >= 15 is 0 Å². The second-order valence-electron chi connectivity index (χ2n) is 10.9. The number of carbonyl (C=O) groups is 2. The second-order valence-corrected chi connectivity index (χ2v) is 13.0. The van der Waals surface area contributed by atoms with E-state index in [-0.39, 0.29) is 42.1 Å². The molecule has 1 fully saturated rings. The summed E-state index contributed by atoms with van der Waals surface area (Å²) >= 11 is 0. The summed E-state index contributed by atoms with van der Waals surface area (Å²) in [6.07, 6.45) is -0.445. The fourth-order valence-electron chi connectivity index (χ4n) is 5.85. The number of fused-ring (bicyclic) bond motifs is 3. The van der Waals surface area contributed by atoms with E-state index in [1.54, 1.807) is 11.0 Å². The maximum Gasteiger partial charge on any atom is 0.282 e. The zero-order valence-corrected chi connectivity index (χ0v) is 22.6. The number of aromatic nitrogens is 2. The Morgan fingerprint density at radius 1 is 1.12 bits per heavy atom. The van der Waals surface area contributed by atoms with Gasteiger partial charge in [0.2, 0.25) is 5.91 Å². The number of benzene rings is 2. The molecule has 1 aromatic heterocycles. The van der Waals surface area contributed by atoms with Gasteiger partial charge in [-0.1, -0.05) is 18.2 Å². The Morgan fingerprint density at radius 3 is 2.44 bits per heavy atom. The van der Waals surface area contributed by atoms with Gasteiger partial charge in [-0.05, 0) is 48.2 Å². The predicted molar refractivity (Wildman–Crippen MR) is 142 cm³/mol. The summed E-state index contributed by atoms with van der Waals surface area (Å²) in [5.74, 6) is -5.04. The third-order valence-electron chi connectivity index (χ3n) is 7.68. The molecule has 2 aromatic carbocycles. The van der Waals surface area contributed by atoms with E-state index < -0.39 is 45.3 Å². The van der Waals surface area contributed by atoms with Crippen LogP contribution < -0.4 is 15.5 Å². The molecule has 0 saturated carbocycles. The molecule has 1 spiro atoms. The van der Waals surface area contributed by atoms with Crippen molar-refractivity contribution in [2.24, 2.45) is 0 Å². The standard InChI is InChI=1S/C27H25F4N5O4S/c1-41(39,40)12-21(37)32-24-22-20(34-36(24)17-4-2-15(3-5-17)23(28)29)11-26(33-25(22)38)9-8-16-10-18(6-7-19(16)26)35-13-27(30,31)14-35/h2-7,10,23H,8-9,11-14H2,1H3,(H,32,37)(H,33,38)/t26-/m0/s1. The molecule has 3 heterocycles. The third kappa shape index (κ3) is 4.94. The van der Waals surface area contributed by atoms with Gasteiger partial charge < -0.3 is 15.5 Å². The minimum absolute atomic E-state index is 0.0447. The number of hydrogen-bond acceptors (Lipinski definition) is 6. The average Bonchev–Trinajstić information content (AvgIpc) is 3.39. The Labute approximate surface area is 232 Å². The molecule has 1 atom stereocenters. The van der Waals surface area contributed by atoms with Crippen molar-refractivity contribution in [3.63, 3.8) is 0 Å². The number of carbonyl (C=O) groups excluding carboxylic acids is 2. The number of hydrogen-bond donors (Lipinski definition) is 2. The van der Waals surface area contributed by atoms with Crippen LogP contribution in [0.3, 0.4) is 0 Å². The Kier molecular flexibility index (Phi) is 6.17. The summed E-state index contributed by atoms with van der Waals surface area (Å²) in [5, 5.41) is 10.1. The molecular weight excluding hydrogens is 566 g/mol. The smallest absolute Gasteiger partial charge is 0.282 e. The van der Waals surface area contributed by atoms with Crippen molar-refractivity contribution in [2.75, 3.05) is 35.3 Å². The van der Waals surface area contributed by atoms with E-state index in [9.17, 15) is 35.6 Å². The lowest BCUT2D eigenvalue weighted by molar-refractivity contribution is -0.113. The number of anilines is 2. The van der Waals surface area contributed by atoms with Gasteiger partial charge in [0.15, 0.2) is 9.84 Å². The number of rotatable bonds is 6. The molecule has 3 aromatic rings. The van der Waals surface area contributed by atoms with Gasteiger partial charge in [-0.3, -0.25) is 9.59 Å². The van der Waals surface area contributed by atoms with Gasteiger partial charge in [-0.25, -0.2) is 30.7 Å². The van der Waals surface area contributed by atoms with Gasteiger partial charge in [-0.2, -0.15) is 5.10 Å². The van der Waals surface area contributed by atoms with Gasteiger partial charge in [0, 0.05) is 23.9 Å². The van der Waals surface area contributed by atoms with E-state index in [1.165, 1.54) is 28.9 Å². The van der Waals surface area contributed by atoms with Crippen LogP contribution in [-0.2, 0) is 33.0 Å². The molecule has 0 bridgehead atoms. The highest BCUT2D eigenvalue weighted by Crippen LogP contribution is 2.45. The van der Waals surface area contributed by atoms with E-state index in [2.05, 4.69) is 15.7 Å². The minimum Gasteiger partial charge on any atom is -0.359 e. The van der Waals surface area contributed by atoms with E-state index in [4.69, 9.17) is 0 Å². The molecular formula is C27H25F4N5O4S. The van der Waals surface area contributed by atoms with Crippen LogP contribution in [-0.4, -0.2) is 61.0 Å². The number of amides is 2. The largest absolute Gasteiger partial charge is 0.359 e. The van der Waals surface area contributed by atoms with Crippen LogP contribution in [0.5, 0.6) is 0 Å². The predicted octanol–water partition coefficient (Wildman–Crippen LogP) is 3.38. The van der Waals surface area contributed by atoms with Crippen LogP contribution in [0.15, 0.2) is 42.5 Å². The van der Waals surface area contributed by atoms with Crippen molar-refractivity contribution in [3.8, 4) is 5.69 Å². The third-order valence-corrected chi connectivity index (χ3v) is 8.47. The van der Waals surface area contributed by atoms with Crippen molar-refractivity contribution in [3.05, 3.63) is 70.4 Å². The molecule has 2 N–H and O–H groups in total. The van der Waals surface area contributed by atoms with Gasteiger partial charge in [0.1, 0.15) is 17.1 Å². The number of nitrogens with zero attached hydrogens (tertiary/aromatic N) is 3. The Hall–Kier alpha value is -3.94. The number of alkyl halides is 4. The lowest BCUT2D eigenvalue weighted by Crippen LogP contribution is -2.56.